The zero-order chi connectivity index (χ0) is 33.7. The smallest absolute Gasteiger partial charge is 0.308 e. The first kappa shape index (κ1) is 37.7. The summed E-state index contributed by atoms with van der Waals surface area (Å²) < 4.78 is 10.2. The highest BCUT2D eigenvalue weighted by molar-refractivity contribution is 14.1. The molecule has 0 aliphatic carbocycles. The van der Waals surface area contributed by atoms with E-state index in [1.54, 1.807) is 37.3 Å². The molecule has 2 rings (SSSR count). The molecular formula is C29H37IN4O10S. The second-order valence-corrected chi connectivity index (χ2v) is 12.4. The highest BCUT2D eigenvalue weighted by Gasteiger charge is 2.48. The van der Waals surface area contributed by atoms with Crippen LogP contribution in [0.4, 0.5) is 0 Å². The van der Waals surface area contributed by atoms with Gasteiger partial charge in [-0.2, -0.15) is 0 Å². The van der Waals surface area contributed by atoms with Crippen molar-refractivity contribution in [1.82, 2.24) is 20.9 Å². The Bertz CT molecular complexity index is 1360. The van der Waals surface area contributed by atoms with Crippen LogP contribution < -0.4 is 16.0 Å². The number of Topliss-reactive ketones (excluding diaryl/α,β-unsaturated/α-hetero) is 1. The Morgan fingerprint density at radius 3 is 1.96 bits per heavy atom. The molecule has 0 bridgehead atoms. The van der Waals surface area contributed by atoms with Crippen molar-refractivity contribution in [3.63, 3.8) is 0 Å². The molecule has 0 saturated heterocycles. The van der Waals surface area contributed by atoms with Crippen molar-refractivity contribution in [3.05, 3.63) is 52.0 Å². The minimum absolute atomic E-state index is 0.0404. The number of carbonyl (C=O) groups is 6. The molecule has 5 N–H and O–H groups in total. The van der Waals surface area contributed by atoms with Crippen LogP contribution in [0.3, 0.4) is 0 Å². The highest BCUT2D eigenvalue weighted by Crippen LogP contribution is 2.35. The van der Waals surface area contributed by atoms with Crippen molar-refractivity contribution in [2.24, 2.45) is 11.3 Å². The molecule has 16 heteroatoms. The number of hydrogen-bond donors (Lipinski definition) is 5. The first-order valence-electron chi connectivity index (χ1n) is 13.7. The number of carbonyl (C=O) groups excluding carboxylic acids is 4. The monoisotopic (exact) mass is 760 g/mol. The number of thiazole rings is 1. The van der Waals surface area contributed by atoms with E-state index in [0.29, 0.717) is 10.6 Å². The second kappa shape index (κ2) is 17.9. The molecule has 3 unspecified atom stereocenters. The number of nitrogens with zero attached hydrogens (tertiary/aromatic N) is 1. The van der Waals surface area contributed by atoms with E-state index >= 15 is 0 Å². The summed E-state index contributed by atoms with van der Waals surface area (Å²) in [5, 5.41) is 27.6. The molecule has 246 valence electrons. The summed E-state index contributed by atoms with van der Waals surface area (Å²) in [6, 6.07) is 4.82. The van der Waals surface area contributed by atoms with Crippen LogP contribution in [-0.4, -0.2) is 101 Å². The second-order valence-electron chi connectivity index (χ2n) is 10.4. The van der Waals surface area contributed by atoms with E-state index in [-0.39, 0.29) is 28.9 Å². The van der Waals surface area contributed by atoms with Crippen LogP contribution in [0.1, 0.15) is 33.6 Å². The number of halogens is 1. The zero-order valence-electron chi connectivity index (χ0n) is 25.2. The van der Waals surface area contributed by atoms with Gasteiger partial charge >= 0.3 is 11.9 Å². The van der Waals surface area contributed by atoms with Gasteiger partial charge < -0.3 is 35.6 Å². The SMILES string of the molecule is COCC(NC(=O)c1cnc(C)s1)C(=O)NC(COC)C(=O)N[C@@H](Cc1ccccc1)C(=O)[C@@](C)(CI)C(CC(=O)O)C(=O)O. The number of amides is 3. The van der Waals surface area contributed by atoms with Crippen molar-refractivity contribution in [3.8, 4) is 0 Å². The van der Waals surface area contributed by atoms with E-state index in [9.17, 15) is 39.0 Å². The summed E-state index contributed by atoms with van der Waals surface area (Å²) in [7, 11) is 2.64. The third kappa shape index (κ3) is 10.8. The first-order valence-corrected chi connectivity index (χ1v) is 16.0. The number of nitrogens with one attached hydrogen (secondary N) is 3. The van der Waals surface area contributed by atoms with E-state index in [2.05, 4.69) is 20.9 Å². The summed E-state index contributed by atoms with van der Waals surface area (Å²) in [5.41, 5.74) is -1.04. The van der Waals surface area contributed by atoms with Gasteiger partial charge in [0.25, 0.3) is 5.91 Å². The summed E-state index contributed by atoms with van der Waals surface area (Å²) in [6.07, 6.45) is 0.529. The number of methoxy groups -OCH3 is 2. The molecular weight excluding hydrogens is 723 g/mol. The quantitative estimate of drug-likeness (QED) is 0.102. The van der Waals surface area contributed by atoms with Crippen molar-refractivity contribution in [1.29, 1.82) is 0 Å². The van der Waals surface area contributed by atoms with Crippen LogP contribution in [-0.2, 0) is 39.9 Å². The number of rotatable bonds is 19. The number of aliphatic carboxylic acids is 2. The Morgan fingerprint density at radius 2 is 1.49 bits per heavy atom. The molecule has 1 heterocycles. The van der Waals surface area contributed by atoms with Gasteiger partial charge in [-0.3, -0.25) is 28.8 Å². The first-order chi connectivity index (χ1) is 21.3. The van der Waals surface area contributed by atoms with Gasteiger partial charge in [0.2, 0.25) is 11.8 Å². The Morgan fingerprint density at radius 1 is 0.933 bits per heavy atom. The number of ketones is 1. The van der Waals surface area contributed by atoms with Crippen molar-refractivity contribution in [2.45, 2.75) is 44.8 Å². The number of aryl methyl sites for hydroxylation is 1. The van der Waals surface area contributed by atoms with Crippen molar-refractivity contribution >= 4 is 69.4 Å². The zero-order valence-corrected chi connectivity index (χ0v) is 28.2. The third-order valence-electron chi connectivity index (χ3n) is 6.97. The molecule has 2 aromatic rings. The van der Waals surface area contributed by atoms with Crippen LogP contribution >= 0.6 is 33.9 Å². The predicted molar refractivity (Wildman–Crippen MR) is 171 cm³/mol. The molecule has 0 saturated carbocycles. The van der Waals surface area contributed by atoms with Gasteiger partial charge in [0.1, 0.15) is 17.0 Å². The molecule has 0 spiro atoms. The number of carboxylic acids is 2. The van der Waals surface area contributed by atoms with E-state index in [1.165, 1.54) is 27.3 Å². The lowest BCUT2D eigenvalue weighted by molar-refractivity contribution is -0.156. The molecule has 0 fully saturated rings. The standard InChI is InChI=1S/C29H37IN4O10S/c1-16-31-12-22(45-16)27(40)34-21(14-44-4)26(39)33-20(13-43-3)25(38)32-19(10-17-8-6-5-7-9-17)24(37)29(2,15-30)18(28(41)42)11-23(35)36/h5-9,12,18-21H,10-11,13-15H2,1-4H3,(H,32,38)(H,33,39)(H,34,40)(H,35,36)(H,41,42)/t18?,19-,20?,21?,29-/m0/s1. The number of aromatic nitrogens is 1. The number of carboxylic acid groups (broad SMARTS) is 2. The largest absolute Gasteiger partial charge is 0.481 e. The van der Waals surface area contributed by atoms with Crippen molar-refractivity contribution < 1.29 is 48.5 Å². The number of hydrogen-bond acceptors (Lipinski definition) is 10. The molecule has 0 aliphatic rings. The third-order valence-corrected chi connectivity index (χ3v) is 9.46. The van der Waals surface area contributed by atoms with Crippen LogP contribution in [0.25, 0.3) is 0 Å². The van der Waals surface area contributed by atoms with Crippen molar-refractivity contribution in [2.75, 3.05) is 31.9 Å². The average Bonchev–Trinajstić information content (AvgIpc) is 3.44. The molecule has 3 amide bonds. The molecule has 5 atom stereocenters. The minimum Gasteiger partial charge on any atom is -0.481 e. The van der Waals surface area contributed by atoms with Gasteiger partial charge in [0, 0.05) is 18.6 Å². The lowest BCUT2D eigenvalue weighted by atomic mass is 9.71. The number of alkyl halides is 1. The topological polar surface area (TPSA) is 210 Å². The van der Waals surface area contributed by atoms with Crippen LogP contribution in [0.15, 0.2) is 36.5 Å². The van der Waals surface area contributed by atoms with Crippen LogP contribution in [0.2, 0.25) is 0 Å². The number of ether oxygens (including phenoxy) is 2. The molecule has 1 aromatic heterocycles. The Kier molecular flexibility index (Phi) is 15.0. The molecule has 0 radical (unpaired) electrons. The van der Waals surface area contributed by atoms with Crippen LogP contribution in [0, 0.1) is 18.3 Å². The summed E-state index contributed by atoms with van der Waals surface area (Å²) >= 11 is 2.96. The summed E-state index contributed by atoms with van der Waals surface area (Å²) in [5.74, 6) is -7.26. The maximum Gasteiger partial charge on any atom is 0.308 e. The molecule has 0 aliphatic heterocycles. The van der Waals surface area contributed by atoms with Gasteiger partial charge in [-0.05, 0) is 18.9 Å². The fraction of sp³-hybridized carbons (Fsp3) is 0.483. The fourth-order valence-corrected chi connectivity index (χ4v) is 6.08. The summed E-state index contributed by atoms with van der Waals surface area (Å²) in [4.78, 5) is 81.5. The molecule has 14 nitrogen and oxygen atoms in total. The van der Waals surface area contributed by atoms with Crippen LogP contribution in [0.5, 0.6) is 0 Å². The van der Waals surface area contributed by atoms with E-state index in [4.69, 9.17) is 9.47 Å². The van der Waals surface area contributed by atoms with Gasteiger partial charge in [-0.25, -0.2) is 4.98 Å². The Labute approximate surface area is 277 Å². The summed E-state index contributed by atoms with van der Waals surface area (Å²) in [6.45, 7) is 2.55. The van der Waals surface area contributed by atoms with Gasteiger partial charge in [0.05, 0.1) is 48.2 Å². The Hall–Kier alpha value is -3.48. The van der Waals surface area contributed by atoms with Gasteiger partial charge in [-0.1, -0.05) is 59.8 Å². The maximum absolute atomic E-state index is 14.1. The van der Waals surface area contributed by atoms with E-state index in [0.717, 1.165) is 11.3 Å². The Balaban J connectivity index is 2.36. The minimum atomic E-state index is -1.68. The normalized spacial score (nSPS) is 15.0. The lowest BCUT2D eigenvalue weighted by Gasteiger charge is -2.35. The van der Waals surface area contributed by atoms with Gasteiger partial charge in [-0.15, -0.1) is 11.3 Å². The maximum atomic E-state index is 14.1. The van der Waals surface area contributed by atoms with Gasteiger partial charge in [0.15, 0.2) is 5.78 Å². The lowest BCUT2D eigenvalue weighted by Crippen LogP contribution is -2.60. The molecule has 45 heavy (non-hydrogen) atoms. The molecule has 1 aromatic carbocycles. The highest BCUT2D eigenvalue weighted by atomic mass is 127. The van der Waals surface area contributed by atoms with E-state index < -0.39 is 71.3 Å². The predicted octanol–water partition coefficient (Wildman–Crippen LogP) is 1.24. The number of benzene rings is 1. The average molecular weight is 761 g/mol. The van der Waals surface area contributed by atoms with E-state index in [1.807, 2.05) is 22.6 Å². The fourth-order valence-electron chi connectivity index (χ4n) is 4.49.